The molecule has 1 aromatic carbocycles. The number of likely N-dealkylation sites (tertiary alicyclic amines) is 1. The van der Waals surface area contributed by atoms with E-state index >= 15 is 0 Å². The number of carbonyl (C=O) groups is 3. The van der Waals surface area contributed by atoms with Gasteiger partial charge in [-0.05, 0) is 48.9 Å². The molecule has 1 aliphatic heterocycles. The Bertz CT molecular complexity index is 838. The highest BCUT2D eigenvalue weighted by Crippen LogP contribution is 2.27. The number of piperidine rings is 1. The van der Waals surface area contributed by atoms with Crippen LogP contribution in [0.2, 0.25) is 5.02 Å². The molecule has 1 saturated heterocycles. The average molecular weight is 393 g/mol. The Hall–Kier alpha value is -2.38. The summed E-state index contributed by atoms with van der Waals surface area (Å²) in [6.45, 7) is 0.398. The summed E-state index contributed by atoms with van der Waals surface area (Å²) in [4.78, 5) is 38.4. The molecule has 1 fully saturated rings. The van der Waals surface area contributed by atoms with Crippen LogP contribution >= 0.6 is 22.9 Å². The summed E-state index contributed by atoms with van der Waals surface area (Å²) in [5, 5.41) is 14.2. The van der Waals surface area contributed by atoms with Crippen molar-refractivity contribution < 1.29 is 19.5 Å². The molecule has 2 N–H and O–H groups in total. The second kappa shape index (κ2) is 7.88. The molecular formula is C18H17ClN2O4S. The maximum absolute atomic E-state index is 12.8. The number of thiophene rings is 1. The minimum Gasteiger partial charge on any atom is -0.480 e. The van der Waals surface area contributed by atoms with E-state index in [1.165, 1.54) is 28.4 Å². The molecule has 8 heteroatoms. The quantitative estimate of drug-likeness (QED) is 0.829. The van der Waals surface area contributed by atoms with Gasteiger partial charge in [-0.1, -0.05) is 17.7 Å². The molecule has 1 aliphatic rings. The van der Waals surface area contributed by atoms with Gasteiger partial charge >= 0.3 is 5.97 Å². The average Bonchev–Trinajstić information content (AvgIpc) is 3.17. The number of hydrogen-bond acceptors (Lipinski definition) is 4. The van der Waals surface area contributed by atoms with Gasteiger partial charge in [0.05, 0.1) is 15.6 Å². The lowest BCUT2D eigenvalue weighted by molar-refractivity contribution is -0.143. The normalized spacial score (nSPS) is 17.0. The molecule has 1 atom stereocenters. The van der Waals surface area contributed by atoms with Gasteiger partial charge in [-0.15, -0.1) is 11.3 Å². The maximum atomic E-state index is 12.8. The van der Waals surface area contributed by atoms with E-state index in [2.05, 4.69) is 5.32 Å². The lowest BCUT2D eigenvalue weighted by atomic mass is 10.0. The van der Waals surface area contributed by atoms with Gasteiger partial charge < -0.3 is 15.3 Å². The smallest absolute Gasteiger partial charge is 0.326 e. The van der Waals surface area contributed by atoms with E-state index in [1.807, 2.05) is 0 Å². The molecule has 0 spiro atoms. The second-order valence-electron chi connectivity index (χ2n) is 5.97. The van der Waals surface area contributed by atoms with Crippen molar-refractivity contribution in [3.05, 3.63) is 51.2 Å². The maximum Gasteiger partial charge on any atom is 0.326 e. The fraction of sp³-hybridized carbons (Fsp3) is 0.278. The van der Waals surface area contributed by atoms with Crippen LogP contribution in [0, 0.1) is 0 Å². The molecule has 26 heavy (non-hydrogen) atoms. The van der Waals surface area contributed by atoms with Gasteiger partial charge in [0.1, 0.15) is 6.04 Å². The number of rotatable bonds is 4. The van der Waals surface area contributed by atoms with E-state index in [0.29, 0.717) is 34.1 Å². The third kappa shape index (κ3) is 3.89. The molecule has 1 aromatic heterocycles. The molecule has 136 valence electrons. The van der Waals surface area contributed by atoms with E-state index in [9.17, 15) is 19.5 Å². The van der Waals surface area contributed by atoms with Gasteiger partial charge in [0.15, 0.2) is 0 Å². The van der Waals surface area contributed by atoms with E-state index in [1.54, 1.807) is 23.6 Å². The highest BCUT2D eigenvalue weighted by molar-refractivity contribution is 7.12. The minimum absolute atomic E-state index is 0.295. The highest BCUT2D eigenvalue weighted by atomic mass is 35.5. The highest BCUT2D eigenvalue weighted by Gasteiger charge is 2.32. The van der Waals surface area contributed by atoms with Crippen molar-refractivity contribution in [1.29, 1.82) is 0 Å². The molecule has 0 unspecified atom stereocenters. The van der Waals surface area contributed by atoms with Gasteiger partial charge in [0.25, 0.3) is 11.8 Å². The van der Waals surface area contributed by atoms with Gasteiger partial charge in [0, 0.05) is 12.1 Å². The standard InChI is InChI=1S/C18H17ClN2O4S/c19-12-7-6-11(10-13(12)20-16(22)15-5-3-9-26-15)17(23)21-8-2-1-4-14(21)18(24)25/h3,5-7,9-10,14H,1-2,4,8H2,(H,20,22)(H,24,25)/t14-/m1/s1. The summed E-state index contributed by atoms with van der Waals surface area (Å²) in [5.74, 6) is -1.69. The zero-order valence-corrected chi connectivity index (χ0v) is 15.3. The fourth-order valence-corrected chi connectivity index (χ4v) is 3.73. The molecule has 3 rings (SSSR count). The van der Waals surface area contributed by atoms with E-state index in [-0.39, 0.29) is 11.8 Å². The first-order valence-electron chi connectivity index (χ1n) is 8.15. The molecular weight excluding hydrogens is 376 g/mol. The first-order valence-corrected chi connectivity index (χ1v) is 9.41. The van der Waals surface area contributed by atoms with E-state index in [0.717, 1.165) is 12.8 Å². The SMILES string of the molecule is O=C(Nc1cc(C(=O)N2CCCC[C@@H]2C(=O)O)ccc1Cl)c1cccs1. The van der Waals surface area contributed by atoms with Crippen molar-refractivity contribution in [1.82, 2.24) is 4.90 Å². The van der Waals surface area contributed by atoms with Crippen molar-refractivity contribution in [2.24, 2.45) is 0 Å². The van der Waals surface area contributed by atoms with Gasteiger partial charge in [-0.2, -0.15) is 0 Å². The van der Waals surface area contributed by atoms with Crippen LogP contribution in [0.3, 0.4) is 0 Å². The second-order valence-corrected chi connectivity index (χ2v) is 7.33. The van der Waals surface area contributed by atoms with Gasteiger partial charge in [0.2, 0.25) is 0 Å². The Morgan fingerprint density at radius 3 is 2.73 bits per heavy atom. The van der Waals surface area contributed by atoms with Crippen molar-refractivity contribution in [2.75, 3.05) is 11.9 Å². The number of benzene rings is 1. The minimum atomic E-state index is -1.00. The number of carboxylic acid groups (broad SMARTS) is 1. The third-order valence-electron chi connectivity index (χ3n) is 4.26. The van der Waals surface area contributed by atoms with Gasteiger partial charge in [-0.3, -0.25) is 9.59 Å². The molecule has 2 aromatic rings. The third-order valence-corrected chi connectivity index (χ3v) is 5.45. The zero-order valence-electron chi connectivity index (χ0n) is 13.8. The molecule has 2 heterocycles. The largest absolute Gasteiger partial charge is 0.480 e. The van der Waals surface area contributed by atoms with Crippen LogP contribution in [0.1, 0.15) is 39.3 Å². The van der Waals surface area contributed by atoms with E-state index < -0.39 is 12.0 Å². The fourth-order valence-electron chi connectivity index (χ4n) is 2.94. The molecule has 0 radical (unpaired) electrons. The topological polar surface area (TPSA) is 86.7 Å². The number of halogens is 1. The molecule has 0 aliphatic carbocycles. The molecule has 0 bridgehead atoms. The van der Waals surface area contributed by atoms with Crippen LogP contribution in [0.15, 0.2) is 35.7 Å². The Kier molecular flexibility index (Phi) is 5.58. The lowest BCUT2D eigenvalue weighted by Crippen LogP contribution is -2.48. The first kappa shape index (κ1) is 18.4. The number of carbonyl (C=O) groups excluding carboxylic acids is 2. The zero-order chi connectivity index (χ0) is 18.7. The monoisotopic (exact) mass is 392 g/mol. The summed E-state index contributed by atoms with van der Waals surface area (Å²) in [6, 6.07) is 7.19. The molecule has 2 amide bonds. The van der Waals surface area contributed by atoms with Crippen molar-refractivity contribution >= 4 is 46.4 Å². The van der Waals surface area contributed by atoms with Crippen LogP contribution in [-0.2, 0) is 4.79 Å². The van der Waals surface area contributed by atoms with Crippen LogP contribution < -0.4 is 5.32 Å². The van der Waals surface area contributed by atoms with E-state index in [4.69, 9.17) is 11.6 Å². The Labute approximate surface area is 159 Å². The Balaban J connectivity index is 1.83. The number of nitrogens with one attached hydrogen (secondary N) is 1. The molecule has 6 nitrogen and oxygen atoms in total. The number of aliphatic carboxylic acids is 1. The summed E-state index contributed by atoms with van der Waals surface area (Å²) in [7, 11) is 0. The van der Waals surface area contributed by atoms with Crippen molar-refractivity contribution in [2.45, 2.75) is 25.3 Å². The Morgan fingerprint density at radius 2 is 2.04 bits per heavy atom. The Morgan fingerprint density at radius 1 is 1.23 bits per heavy atom. The van der Waals surface area contributed by atoms with Gasteiger partial charge in [-0.25, -0.2) is 4.79 Å². The first-order chi connectivity index (χ1) is 12.5. The predicted molar refractivity (Wildman–Crippen MR) is 100 cm³/mol. The van der Waals surface area contributed by atoms with Crippen LogP contribution in [-0.4, -0.2) is 40.4 Å². The summed E-state index contributed by atoms with van der Waals surface area (Å²) < 4.78 is 0. The van der Waals surface area contributed by atoms with Crippen LogP contribution in [0.5, 0.6) is 0 Å². The summed E-state index contributed by atoms with van der Waals surface area (Å²) in [6.07, 6.45) is 1.99. The number of hydrogen-bond donors (Lipinski definition) is 2. The van der Waals surface area contributed by atoms with Crippen molar-refractivity contribution in [3.63, 3.8) is 0 Å². The van der Waals surface area contributed by atoms with Crippen LogP contribution in [0.25, 0.3) is 0 Å². The number of nitrogens with zero attached hydrogens (tertiary/aromatic N) is 1. The predicted octanol–water partition coefficient (Wildman–Crippen LogP) is 3.73. The number of amides is 2. The number of anilines is 1. The molecule has 0 saturated carbocycles. The summed E-state index contributed by atoms with van der Waals surface area (Å²) in [5.41, 5.74) is 0.615. The summed E-state index contributed by atoms with van der Waals surface area (Å²) >= 11 is 7.44. The van der Waals surface area contributed by atoms with Crippen LogP contribution in [0.4, 0.5) is 5.69 Å². The van der Waals surface area contributed by atoms with Crippen molar-refractivity contribution in [3.8, 4) is 0 Å². The number of carboxylic acids is 1. The lowest BCUT2D eigenvalue weighted by Gasteiger charge is -2.33.